The lowest BCUT2D eigenvalue weighted by Crippen LogP contribution is -2.21. The first-order valence-electron chi connectivity index (χ1n) is 1.91. The van der Waals surface area contributed by atoms with Crippen LogP contribution in [0, 0.1) is 0 Å². The zero-order valence-electron chi connectivity index (χ0n) is 4.23. The topological polar surface area (TPSA) is 52.3 Å². The van der Waals surface area contributed by atoms with Gasteiger partial charge in [0.15, 0.2) is 0 Å². The van der Waals surface area contributed by atoms with Gasteiger partial charge in [0.25, 0.3) is 0 Å². The number of nitrogens with two attached hydrogens (primary N) is 1. The molecule has 6 heteroatoms. The third kappa shape index (κ3) is 8.14. The minimum absolute atomic E-state index is 0.326. The Kier molecular flexibility index (Phi) is 3.40. The molecule has 0 spiro atoms. The van der Waals surface area contributed by atoms with Crippen LogP contribution >= 0.6 is 34.8 Å². The van der Waals surface area contributed by atoms with Crippen molar-refractivity contribution in [3.63, 3.8) is 0 Å². The molecule has 0 fully saturated rings. The van der Waals surface area contributed by atoms with Gasteiger partial charge in [-0.25, -0.2) is 4.79 Å². The summed E-state index contributed by atoms with van der Waals surface area (Å²) in [6, 6.07) is 0. The number of primary amides is 1. The van der Waals surface area contributed by atoms with Gasteiger partial charge in [-0.3, -0.25) is 0 Å². The minimum atomic E-state index is -1.57. The van der Waals surface area contributed by atoms with Gasteiger partial charge in [0, 0.05) is 0 Å². The van der Waals surface area contributed by atoms with E-state index in [1.54, 1.807) is 0 Å². The molecule has 9 heavy (non-hydrogen) atoms. The number of hydrogen-bond donors (Lipinski definition) is 1. The predicted molar refractivity (Wildman–Crippen MR) is 35.8 cm³/mol. The second-order valence-electron chi connectivity index (χ2n) is 1.22. The van der Waals surface area contributed by atoms with Crippen LogP contribution in [-0.4, -0.2) is 16.5 Å². The SMILES string of the molecule is NC(=O)OCC(Cl)(Cl)Cl. The van der Waals surface area contributed by atoms with Gasteiger partial charge >= 0.3 is 6.09 Å². The highest BCUT2D eigenvalue weighted by molar-refractivity contribution is 6.67. The lowest BCUT2D eigenvalue weighted by Gasteiger charge is -2.08. The van der Waals surface area contributed by atoms with Crippen molar-refractivity contribution in [1.82, 2.24) is 0 Å². The van der Waals surface area contributed by atoms with Gasteiger partial charge in [-0.15, -0.1) is 0 Å². The Morgan fingerprint density at radius 1 is 1.56 bits per heavy atom. The van der Waals surface area contributed by atoms with Crippen molar-refractivity contribution in [1.29, 1.82) is 0 Å². The average molecular weight is 192 g/mol. The molecule has 0 unspecified atom stereocenters. The summed E-state index contributed by atoms with van der Waals surface area (Å²) in [5.74, 6) is 0. The number of halogens is 3. The molecule has 0 saturated heterocycles. The first-order chi connectivity index (χ1) is 3.92. The van der Waals surface area contributed by atoms with Crippen LogP contribution in [0.15, 0.2) is 0 Å². The predicted octanol–water partition coefficient (Wildman–Crippen LogP) is 1.45. The molecule has 3 nitrogen and oxygen atoms in total. The van der Waals surface area contributed by atoms with Crippen molar-refractivity contribution in [2.75, 3.05) is 6.61 Å². The molecule has 0 aromatic rings. The molecule has 0 heterocycles. The Bertz CT molecular complexity index is 110. The molecule has 0 aromatic heterocycles. The van der Waals surface area contributed by atoms with E-state index in [-0.39, 0.29) is 6.61 Å². The molecule has 0 atom stereocenters. The van der Waals surface area contributed by atoms with Crippen LogP contribution in [-0.2, 0) is 4.74 Å². The van der Waals surface area contributed by atoms with Crippen LogP contribution in [0.1, 0.15) is 0 Å². The smallest absolute Gasteiger partial charge is 0.404 e. The fraction of sp³-hybridized carbons (Fsp3) is 0.667. The molecule has 0 aliphatic carbocycles. The molecule has 0 rings (SSSR count). The fourth-order valence-corrected chi connectivity index (χ4v) is 0.317. The molecule has 0 aromatic carbocycles. The highest BCUT2D eigenvalue weighted by Gasteiger charge is 2.20. The van der Waals surface area contributed by atoms with Crippen molar-refractivity contribution >= 4 is 40.9 Å². The Balaban J connectivity index is 3.39. The van der Waals surface area contributed by atoms with Crippen molar-refractivity contribution in [2.24, 2.45) is 5.73 Å². The molecule has 0 aliphatic heterocycles. The number of amides is 1. The summed E-state index contributed by atoms with van der Waals surface area (Å²) in [6.07, 6.45) is -0.957. The van der Waals surface area contributed by atoms with E-state index in [9.17, 15) is 4.79 Å². The number of rotatable bonds is 1. The first-order valence-corrected chi connectivity index (χ1v) is 3.04. The van der Waals surface area contributed by atoms with E-state index in [1.165, 1.54) is 0 Å². The molecule has 0 aliphatic rings. The van der Waals surface area contributed by atoms with E-state index in [2.05, 4.69) is 10.5 Å². The van der Waals surface area contributed by atoms with Crippen LogP contribution in [0.3, 0.4) is 0 Å². The molecule has 0 radical (unpaired) electrons. The van der Waals surface area contributed by atoms with E-state index >= 15 is 0 Å². The van der Waals surface area contributed by atoms with Gasteiger partial charge in [0.1, 0.15) is 6.61 Å². The summed E-state index contributed by atoms with van der Waals surface area (Å²) < 4.78 is 2.57. The standard InChI is InChI=1S/C3H4Cl3NO2/c4-3(5,6)1-9-2(7)8/h1H2,(H2,7,8). The number of carbonyl (C=O) groups is 1. The van der Waals surface area contributed by atoms with Crippen LogP contribution in [0.4, 0.5) is 4.79 Å². The lowest BCUT2D eigenvalue weighted by atomic mass is 10.8. The van der Waals surface area contributed by atoms with Gasteiger partial charge in [-0.2, -0.15) is 0 Å². The first kappa shape index (κ1) is 9.14. The van der Waals surface area contributed by atoms with E-state index in [1.807, 2.05) is 0 Å². The van der Waals surface area contributed by atoms with Gasteiger partial charge < -0.3 is 10.5 Å². The summed E-state index contributed by atoms with van der Waals surface area (Å²) >= 11 is 15.5. The van der Waals surface area contributed by atoms with Crippen LogP contribution < -0.4 is 5.73 Å². The summed E-state index contributed by atoms with van der Waals surface area (Å²) in [5.41, 5.74) is 4.56. The van der Waals surface area contributed by atoms with E-state index in [4.69, 9.17) is 34.8 Å². The Labute approximate surface area is 67.0 Å². The monoisotopic (exact) mass is 191 g/mol. The Morgan fingerprint density at radius 2 is 2.00 bits per heavy atom. The molecule has 54 valence electrons. The van der Waals surface area contributed by atoms with E-state index in [0.29, 0.717) is 0 Å². The van der Waals surface area contributed by atoms with Crippen molar-refractivity contribution < 1.29 is 9.53 Å². The third-order valence-electron chi connectivity index (χ3n) is 0.378. The second kappa shape index (κ2) is 3.34. The second-order valence-corrected chi connectivity index (χ2v) is 3.74. The zero-order chi connectivity index (χ0) is 7.49. The van der Waals surface area contributed by atoms with Gasteiger partial charge in [0.05, 0.1) is 0 Å². The highest BCUT2D eigenvalue weighted by atomic mass is 35.6. The van der Waals surface area contributed by atoms with Crippen molar-refractivity contribution in [3.8, 4) is 0 Å². The number of alkyl halides is 3. The summed E-state index contributed by atoms with van der Waals surface area (Å²) in [7, 11) is 0. The highest BCUT2D eigenvalue weighted by Crippen LogP contribution is 2.25. The number of hydrogen-bond acceptors (Lipinski definition) is 2. The van der Waals surface area contributed by atoms with E-state index in [0.717, 1.165) is 0 Å². The largest absolute Gasteiger partial charge is 0.445 e. The maximum Gasteiger partial charge on any atom is 0.404 e. The fourth-order valence-electron chi connectivity index (χ4n) is 0.153. The van der Waals surface area contributed by atoms with E-state index < -0.39 is 9.89 Å². The van der Waals surface area contributed by atoms with Crippen LogP contribution in [0.2, 0.25) is 0 Å². The third-order valence-corrected chi connectivity index (χ3v) is 0.705. The number of ether oxygens (including phenoxy) is 1. The Morgan fingerprint density at radius 3 is 2.11 bits per heavy atom. The van der Waals surface area contributed by atoms with Crippen molar-refractivity contribution in [3.05, 3.63) is 0 Å². The quantitative estimate of drug-likeness (QED) is 0.639. The van der Waals surface area contributed by atoms with Crippen molar-refractivity contribution in [2.45, 2.75) is 3.79 Å². The van der Waals surface area contributed by atoms with Gasteiger partial charge in [-0.1, -0.05) is 34.8 Å². The Hall–Kier alpha value is 0.140. The molecule has 0 bridgehead atoms. The van der Waals surface area contributed by atoms with Crippen LogP contribution in [0.25, 0.3) is 0 Å². The lowest BCUT2D eigenvalue weighted by molar-refractivity contribution is 0.159. The molecular weight excluding hydrogens is 188 g/mol. The van der Waals surface area contributed by atoms with Gasteiger partial charge in [-0.05, 0) is 0 Å². The van der Waals surface area contributed by atoms with Gasteiger partial charge in [0.2, 0.25) is 3.79 Å². The zero-order valence-corrected chi connectivity index (χ0v) is 6.50. The normalized spacial score (nSPS) is 11.0. The maximum atomic E-state index is 9.87. The molecule has 0 saturated carbocycles. The molecule has 2 N–H and O–H groups in total. The summed E-state index contributed by atoms with van der Waals surface area (Å²) in [4.78, 5) is 9.87. The van der Waals surface area contributed by atoms with Crippen LogP contribution in [0.5, 0.6) is 0 Å². The molecule has 1 amide bonds. The summed E-state index contributed by atoms with van der Waals surface area (Å²) in [6.45, 7) is -0.326. The minimum Gasteiger partial charge on any atom is -0.445 e. The maximum absolute atomic E-state index is 9.87. The summed E-state index contributed by atoms with van der Waals surface area (Å²) in [5, 5.41) is 0. The number of carbonyl (C=O) groups excluding carboxylic acids is 1. The molecular formula is C3H4Cl3NO2. The average Bonchev–Trinajstić information content (AvgIpc) is 1.59.